The lowest BCUT2D eigenvalue weighted by atomic mass is 10.1. The molecule has 0 radical (unpaired) electrons. The molecule has 1 aromatic heterocycles. The number of hydrogen-bond donors (Lipinski definition) is 2. The minimum Gasteiger partial charge on any atom is -0.391 e. The molecular formula is C13H11ClN2O2. The minimum absolute atomic E-state index is 0.250. The van der Waals surface area contributed by atoms with Crippen molar-refractivity contribution in [2.45, 2.75) is 0 Å². The Labute approximate surface area is 109 Å². The van der Waals surface area contributed by atoms with E-state index in [2.05, 4.69) is 10.2 Å². The summed E-state index contributed by atoms with van der Waals surface area (Å²) in [7, 11) is 0. The molecule has 4 nitrogen and oxygen atoms in total. The highest BCUT2D eigenvalue weighted by molar-refractivity contribution is 6.31. The number of aromatic nitrogens is 2. The summed E-state index contributed by atoms with van der Waals surface area (Å²) in [6.07, 6.45) is 1.53. The van der Waals surface area contributed by atoms with Crippen LogP contribution in [0.15, 0.2) is 46.2 Å². The molecule has 5 heteroatoms. The zero-order valence-electron chi connectivity index (χ0n) is 9.43. The highest BCUT2D eigenvalue weighted by atomic mass is 35.5. The lowest BCUT2D eigenvalue weighted by Gasteiger charge is -2.04. The first-order valence-electron chi connectivity index (χ1n) is 5.33. The standard InChI is InChI=1S/C13H11ClN2O2/c14-11(8-17)6-10-7-12(18)15-16-13(10)9-4-2-1-3-5-9/h1-7,17H,8H2,(H,15,18). The summed E-state index contributed by atoms with van der Waals surface area (Å²) in [4.78, 5) is 11.3. The highest BCUT2D eigenvalue weighted by Crippen LogP contribution is 2.21. The third-order valence-electron chi connectivity index (χ3n) is 2.35. The molecule has 92 valence electrons. The molecule has 0 aliphatic heterocycles. The first kappa shape index (κ1) is 12.5. The summed E-state index contributed by atoms with van der Waals surface area (Å²) in [5.74, 6) is 0. The molecule has 2 rings (SSSR count). The number of H-pyrrole nitrogens is 1. The number of hydrogen-bond acceptors (Lipinski definition) is 3. The van der Waals surface area contributed by atoms with Gasteiger partial charge in [-0.05, 0) is 6.08 Å². The molecule has 2 aromatic rings. The van der Waals surface area contributed by atoms with E-state index in [1.807, 2.05) is 30.3 Å². The summed E-state index contributed by atoms with van der Waals surface area (Å²) in [6, 6.07) is 10.8. The van der Waals surface area contributed by atoms with E-state index >= 15 is 0 Å². The second-order valence-electron chi connectivity index (χ2n) is 3.65. The molecule has 0 spiro atoms. The van der Waals surface area contributed by atoms with E-state index in [1.165, 1.54) is 12.1 Å². The Bertz CT molecular complexity index is 620. The first-order chi connectivity index (χ1) is 8.70. The van der Waals surface area contributed by atoms with Gasteiger partial charge in [0, 0.05) is 22.2 Å². The zero-order chi connectivity index (χ0) is 13.0. The molecule has 0 amide bonds. The van der Waals surface area contributed by atoms with Gasteiger partial charge in [-0.1, -0.05) is 41.9 Å². The monoisotopic (exact) mass is 262 g/mol. The van der Waals surface area contributed by atoms with Gasteiger partial charge in [0.25, 0.3) is 5.56 Å². The molecule has 0 aliphatic rings. The Morgan fingerprint density at radius 1 is 1.39 bits per heavy atom. The zero-order valence-corrected chi connectivity index (χ0v) is 10.2. The molecule has 0 saturated heterocycles. The van der Waals surface area contributed by atoms with E-state index in [1.54, 1.807) is 0 Å². The summed E-state index contributed by atoms with van der Waals surface area (Å²) >= 11 is 5.78. The molecule has 0 unspecified atom stereocenters. The lowest BCUT2D eigenvalue weighted by Crippen LogP contribution is -2.08. The van der Waals surface area contributed by atoms with Gasteiger partial charge < -0.3 is 5.11 Å². The molecule has 1 heterocycles. The number of aliphatic hydroxyl groups excluding tert-OH is 1. The topological polar surface area (TPSA) is 66.0 Å². The minimum atomic E-state index is -0.316. The number of nitrogens with one attached hydrogen (secondary N) is 1. The average Bonchev–Trinajstić information content (AvgIpc) is 2.40. The van der Waals surface area contributed by atoms with Crippen LogP contribution in [0.25, 0.3) is 17.3 Å². The van der Waals surface area contributed by atoms with Gasteiger partial charge in [-0.25, -0.2) is 5.10 Å². The maximum Gasteiger partial charge on any atom is 0.264 e. The van der Waals surface area contributed by atoms with Crippen molar-refractivity contribution in [3.8, 4) is 11.3 Å². The fourth-order valence-electron chi connectivity index (χ4n) is 1.57. The van der Waals surface area contributed by atoms with Crippen LogP contribution in [0.2, 0.25) is 0 Å². The van der Waals surface area contributed by atoms with Crippen LogP contribution >= 0.6 is 11.6 Å². The highest BCUT2D eigenvalue weighted by Gasteiger charge is 2.06. The average molecular weight is 263 g/mol. The SMILES string of the molecule is O=c1cc(C=C(Cl)CO)c(-c2ccccc2)n[nH]1. The predicted molar refractivity (Wildman–Crippen MR) is 71.2 cm³/mol. The third kappa shape index (κ3) is 2.85. The molecular weight excluding hydrogens is 252 g/mol. The summed E-state index contributed by atoms with van der Waals surface area (Å²) in [6.45, 7) is -0.275. The number of benzene rings is 1. The van der Waals surface area contributed by atoms with Gasteiger partial charge >= 0.3 is 0 Å². The normalized spacial score (nSPS) is 11.6. The number of aliphatic hydroxyl groups is 1. The Kier molecular flexibility index (Phi) is 3.92. The quantitative estimate of drug-likeness (QED) is 0.889. The van der Waals surface area contributed by atoms with Crippen molar-refractivity contribution >= 4 is 17.7 Å². The smallest absolute Gasteiger partial charge is 0.264 e. The summed E-state index contributed by atoms with van der Waals surface area (Å²) < 4.78 is 0. The van der Waals surface area contributed by atoms with Crippen LogP contribution in [0, 0.1) is 0 Å². The van der Waals surface area contributed by atoms with Gasteiger partial charge in [0.1, 0.15) is 0 Å². The lowest BCUT2D eigenvalue weighted by molar-refractivity contribution is 0.339. The van der Waals surface area contributed by atoms with Crippen LogP contribution in [0.1, 0.15) is 5.56 Å². The fourth-order valence-corrected chi connectivity index (χ4v) is 1.69. The maximum absolute atomic E-state index is 11.3. The van der Waals surface area contributed by atoms with E-state index in [-0.39, 0.29) is 17.2 Å². The molecule has 0 bridgehead atoms. The van der Waals surface area contributed by atoms with Crippen molar-refractivity contribution in [1.82, 2.24) is 10.2 Å². The number of aromatic amines is 1. The van der Waals surface area contributed by atoms with Gasteiger partial charge in [-0.3, -0.25) is 4.79 Å². The van der Waals surface area contributed by atoms with Crippen molar-refractivity contribution < 1.29 is 5.11 Å². The summed E-state index contributed by atoms with van der Waals surface area (Å²) in [5.41, 5.74) is 1.73. The van der Waals surface area contributed by atoms with Gasteiger partial charge in [0.2, 0.25) is 0 Å². The van der Waals surface area contributed by atoms with Crippen molar-refractivity contribution in [1.29, 1.82) is 0 Å². The number of rotatable bonds is 3. The molecule has 2 N–H and O–H groups in total. The van der Waals surface area contributed by atoms with Crippen LogP contribution < -0.4 is 5.56 Å². The van der Waals surface area contributed by atoms with Crippen molar-refractivity contribution in [2.24, 2.45) is 0 Å². The molecule has 0 fully saturated rings. The maximum atomic E-state index is 11.3. The van der Waals surface area contributed by atoms with Crippen LogP contribution in [0.4, 0.5) is 0 Å². The molecule has 18 heavy (non-hydrogen) atoms. The number of nitrogens with zero attached hydrogens (tertiary/aromatic N) is 1. The van der Waals surface area contributed by atoms with E-state index in [0.29, 0.717) is 11.3 Å². The van der Waals surface area contributed by atoms with Crippen LogP contribution in [0.5, 0.6) is 0 Å². The van der Waals surface area contributed by atoms with Crippen LogP contribution in [0.3, 0.4) is 0 Å². The van der Waals surface area contributed by atoms with Crippen molar-refractivity contribution in [3.63, 3.8) is 0 Å². The Morgan fingerprint density at radius 3 is 2.78 bits per heavy atom. The van der Waals surface area contributed by atoms with Crippen LogP contribution in [-0.2, 0) is 0 Å². The third-order valence-corrected chi connectivity index (χ3v) is 2.58. The van der Waals surface area contributed by atoms with E-state index < -0.39 is 0 Å². The second-order valence-corrected chi connectivity index (χ2v) is 4.14. The Morgan fingerprint density at radius 2 is 2.11 bits per heavy atom. The molecule has 0 aliphatic carbocycles. The number of halogens is 1. The Hall–Kier alpha value is -1.91. The van der Waals surface area contributed by atoms with E-state index in [0.717, 1.165) is 5.56 Å². The van der Waals surface area contributed by atoms with Crippen molar-refractivity contribution in [3.05, 3.63) is 57.3 Å². The van der Waals surface area contributed by atoms with Gasteiger partial charge in [0.05, 0.1) is 12.3 Å². The van der Waals surface area contributed by atoms with Crippen molar-refractivity contribution in [2.75, 3.05) is 6.61 Å². The van der Waals surface area contributed by atoms with Gasteiger partial charge in [-0.2, -0.15) is 5.10 Å². The van der Waals surface area contributed by atoms with Gasteiger partial charge in [0.15, 0.2) is 0 Å². The molecule has 0 atom stereocenters. The molecule has 0 saturated carbocycles. The van der Waals surface area contributed by atoms with Crippen LogP contribution in [-0.4, -0.2) is 21.9 Å². The molecule has 1 aromatic carbocycles. The Balaban J connectivity index is 2.58. The predicted octanol–water partition coefficient (Wildman–Crippen LogP) is 2.01. The fraction of sp³-hybridized carbons (Fsp3) is 0.0769. The van der Waals surface area contributed by atoms with E-state index in [4.69, 9.17) is 16.7 Å². The van der Waals surface area contributed by atoms with E-state index in [9.17, 15) is 4.79 Å². The summed E-state index contributed by atoms with van der Waals surface area (Å²) in [5, 5.41) is 15.6. The van der Waals surface area contributed by atoms with Gasteiger partial charge in [-0.15, -0.1) is 0 Å². The second kappa shape index (κ2) is 5.62. The first-order valence-corrected chi connectivity index (χ1v) is 5.70. The largest absolute Gasteiger partial charge is 0.391 e.